The van der Waals surface area contributed by atoms with Crippen molar-refractivity contribution in [2.45, 2.75) is 19.0 Å². The minimum Gasteiger partial charge on any atom is -0.383 e. The van der Waals surface area contributed by atoms with E-state index in [0.29, 0.717) is 18.6 Å². The fourth-order valence-electron chi connectivity index (χ4n) is 2.69. The number of nitrogens with two attached hydrogens (primary N) is 1. The Bertz CT molecular complexity index is 294. The van der Waals surface area contributed by atoms with Crippen LogP contribution in [0.15, 0.2) is 4.99 Å². The minimum absolute atomic E-state index is 0. The van der Waals surface area contributed by atoms with Crippen LogP contribution in [-0.2, 0) is 4.74 Å². The van der Waals surface area contributed by atoms with Gasteiger partial charge in [0.2, 0.25) is 0 Å². The first-order valence-corrected chi connectivity index (χ1v) is 6.71. The molecule has 2 atom stereocenters. The van der Waals surface area contributed by atoms with E-state index in [0.717, 1.165) is 13.1 Å². The Morgan fingerprint density at radius 3 is 2.63 bits per heavy atom. The first-order valence-electron chi connectivity index (χ1n) is 6.71. The van der Waals surface area contributed by atoms with E-state index >= 15 is 0 Å². The summed E-state index contributed by atoms with van der Waals surface area (Å²) in [6.45, 7) is 9.35. The summed E-state index contributed by atoms with van der Waals surface area (Å²) in [4.78, 5) is 9.48. The van der Waals surface area contributed by atoms with Crippen molar-refractivity contribution >= 4 is 29.9 Å². The standard InChI is InChI=1S/C12H25N5O.HI/c1-10(9-18-2)15-12(13)14-7-11-8-16-3-5-17(11)6-4-16;/h10-11H,3-9H2,1-2H3,(H3,13,14,15);1H. The van der Waals surface area contributed by atoms with Crippen LogP contribution in [0.5, 0.6) is 0 Å². The third-order valence-electron chi connectivity index (χ3n) is 3.68. The highest BCUT2D eigenvalue weighted by Gasteiger charge is 2.31. The average Bonchev–Trinajstić information content (AvgIpc) is 2.38. The topological polar surface area (TPSA) is 66.1 Å². The van der Waals surface area contributed by atoms with E-state index in [2.05, 4.69) is 20.1 Å². The van der Waals surface area contributed by atoms with Crippen LogP contribution in [-0.4, -0.2) is 80.8 Å². The molecule has 3 heterocycles. The minimum atomic E-state index is 0. The summed E-state index contributed by atoms with van der Waals surface area (Å²) >= 11 is 0. The number of aliphatic imine (C=N–C) groups is 1. The molecule has 6 nitrogen and oxygen atoms in total. The van der Waals surface area contributed by atoms with Crippen molar-refractivity contribution in [3.05, 3.63) is 0 Å². The van der Waals surface area contributed by atoms with Gasteiger partial charge in [-0.1, -0.05) is 0 Å². The number of halogens is 1. The molecule has 0 aromatic heterocycles. The molecular formula is C12H26IN5O. The van der Waals surface area contributed by atoms with Crippen LogP contribution in [0, 0.1) is 0 Å². The Morgan fingerprint density at radius 1 is 1.42 bits per heavy atom. The number of nitrogens with zero attached hydrogens (tertiary/aromatic N) is 3. The van der Waals surface area contributed by atoms with Gasteiger partial charge in [0.1, 0.15) is 0 Å². The Kier molecular flexibility index (Phi) is 7.33. The van der Waals surface area contributed by atoms with Crippen LogP contribution in [0.4, 0.5) is 0 Å². The molecule has 0 saturated carbocycles. The highest BCUT2D eigenvalue weighted by Crippen LogP contribution is 2.15. The zero-order chi connectivity index (χ0) is 13.0. The Morgan fingerprint density at radius 2 is 2.11 bits per heavy atom. The van der Waals surface area contributed by atoms with Crippen LogP contribution in [0.2, 0.25) is 0 Å². The fourth-order valence-corrected chi connectivity index (χ4v) is 2.69. The van der Waals surface area contributed by atoms with Gasteiger partial charge in [0, 0.05) is 51.9 Å². The highest BCUT2D eigenvalue weighted by molar-refractivity contribution is 14.0. The van der Waals surface area contributed by atoms with Gasteiger partial charge in [-0.05, 0) is 6.92 Å². The van der Waals surface area contributed by atoms with Gasteiger partial charge in [0.25, 0.3) is 0 Å². The van der Waals surface area contributed by atoms with Crippen molar-refractivity contribution in [1.29, 1.82) is 0 Å². The first kappa shape index (κ1) is 16.9. The van der Waals surface area contributed by atoms with E-state index in [1.54, 1.807) is 7.11 Å². The summed E-state index contributed by atoms with van der Waals surface area (Å²) in [7, 11) is 1.69. The monoisotopic (exact) mass is 383 g/mol. The third-order valence-corrected chi connectivity index (χ3v) is 3.68. The molecule has 7 heteroatoms. The fraction of sp³-hybridized carbons (Fsp3) is 0.917. The van der Waals surface area contributed by atoms with Gasteiger partial charge in [-0.15, -0.1) is 24.0 Å². The van der Waals surface area contributed by atoms with Crippen LogP contribution < -0.4 is 11.1 Å². The normalized spacial score (nSPS) is 31.7. The number of nitrogens with one attached hydrogen (secondary N) is 1. The van der Waals surface area contributed by atoms with E-state index in [-0.39, 0.29) is 30.0 Å². The lowest BCUT2D eigenvalue weighted by Crippen LogP contribution is -2.62. The van der Waals surface area contributed by atoms with Crippen molar-refractivity contribution in [3.8, 4) is 0 Å². The van der Waals surface area contributed by atoms with Crippen molar-refractivity contribution in [2.75, 3.05) is 53.0 Å². The maximum Gasteiger partial charge on any atom is 0.188 e. The molecule has 3 N–H and O–H groups in total. The Balaban J connectivity index is 0.00000180. The maximum absolute atomic E-state index is 5.87. The number of rotatable bonds is 5. The second-order valence-corrected chi connectivity index (χ2v) is 5.22. The van der Waals surface area contributed by atoms with Crippen LogP contribution in [0.3, 0.4) is 0 Å². The molecule has 0 aromatic carbocycles. The molecule has 2 bridgehead atoms. The number of guanidine groups is 1. The molecule has 3 aliphatic heterocycles. The summed E-state index contributed by atoms with van der Waals surface area (Å²) < 4.78 is 5.05. The molecule has 0 spiro atoms. The lowest BCUT2D eigenvalue weighted by Gasteiger charge is -2.47. The number of methoxy groups -OCH3 is 1. The van der Waals surface area contributed by atoms with E-state index < -0.39 is 0 Å². The van der Waals surface area contributed by atoms with Crippen molar-refractivity contribution in [2.24, 2.45) is 10.7 Å². The van der Waals surface area contributed by atoms with E-state index in [4.69, 9.17) is 10.5 Å². The number of ether oxygens (including phenoxy) is 1. The summed E-state index contributed by atoms with van der Waals surface area (Å²) in [6, 6.07) is 0.733. The van der Waals surface area contributed by atoms with E-state index in [1.165, 1.54) is 26.2 Å². The van der Waals surface area contributed by atoms with Gasteiger partial charge in [-0.2, -0.15) is 0 Å². The number of fused-ring (bicyclic) bond motifs is 3. The molecule has 3 saturated heterocycles. The molecule has 2 unspecified atom stereocenters. The van der Waals surface area contributed by atoms with Crippen molar-refractivity contribution in [1.82, 2.24) is 15.1 Å². The first-order chi connectivity index (χ1) is 8.69. The largest absolute Gasteiger partial charge is 0.383 e. The quantitative estimate of drug-likeness (QED) is 0.382. The van der Waals surface area contributed by atoms with Crippen LogP contribution in [0.1, 0.15) is 6.92 Å². The molecule has 0 aliphatic carbocycles. The zero-order valence-electron chi connectivity index (χ0n) is 11.8. The lowest BCUT2D eigenvalue weighted by atomic mass is 10.1. The van der Waals surface area contributed by atoms with Crippen molar-refractivity contribution < 1.29 is 4.74 Å². The number of piperazine rings is 3. The smallest absolute Gasteiger partial charge is 0.188 e. The van der Waals surface area contributed by atoms with Gasteiger partial charge in [-0.25, -0.2) is 0 Å². The molecule has 19 heavy (non-hydrogen) atoms. The second kappa shape index (κ2) is 8.23. The van der Waals surface area contributed by atoms with Gasteiger partial charge in [0.15, 0.2) is 5.96 Å². The third kappa shape index (κ3) is 5.05. The summed E-state index contributed by atoms with van der Waals surface area (Å²) in [5.41, 5.74) is 5.87. The predicted octanol–water partition coefficient (Wildman–Crippen LogP) is -0.457. The molecule has 3 fully saturated rings. The lowest BCUT2D eigenvalue weighted by molar-refractivity contribution is 0.0174. The summed E-state index contributed by atoms with van der Waals surface area (Å²) in [5, 5.41) is 3.14. The van der Waals surface area contributed by atoms with Crippen molar-refractivity contribution in [3.63, 3.8) is 0 Å². The zero-order valence-corrected chi connectivity index (χ0v) is 14.2. The molecule has 0 amide bonds. The maximum atomic E-state index is 5.87. The molecule has 112 valence electrons. The van der Waals surface area contributed by atoms with E-state index in [9.17, 15) is 0 Å². The summed E-state index contributed by atoms with van der Waals surface area (Å²) in [5.74, 6) is 0.525. The van der Waals surface area contributed by atoms with Crippen LogP contribution in [0.25, 0.3) is 0 Å². The molecular weight excluding hydrogens is 357 g/mol. The van der Waals surface area contributed by atoms with Gasteiger partial charge in [-0.3, -0.25) is 14.8 Å². The highest BCUT2D eigenvalue weighted by atomic mass is 127. The van der Waals surface area contributed by atoms with Gasteiger partial charge < -0.3 is 15.8 Å². The Hall–Kier alpha value is -0.120. The van der Waals surface area contributed by atoms with Crippen LogP contribution >= 0.6 is 24.0 Å². The molecule has 0 aromatic rings. The summed E-state index contributed by atoms with van der Waals surface area (Å²) in [6.07, 6.45) is 0. The average molecular weight is 383 g/mol. The van der Waals surface area contributed by atoms with Gasteiger partial charge >= 0.3 is 0 Å². The Labute approximate surface area is 132 Å². The van der Waals surface area contributed by atoms with E-state index in [1.807, 2.05) is 6.92 Å². The SMILES string of the molecule is COCC(C)NC(N)=NCC1CN2CCN1CC2.I. The second-order valence-electron chi connectivity index (χ2n) is 5.22. The molecule has 0 radical (unpaired) electrons. The molecule has 3 rings (SSSR count). The van der Waals surface area contributed by atoms with Gasteiger partial charge in [0.05, 0.1) is 13.2 Å². The number of hydrogen-bond acceptors (Lipinski definition) is 4. The molecule has 3 aliphatic rings. The number of hydrogen-bond donors (Lipinski definition) is 2. The predicted molar refractivity (Wildman–Crippen MR) is 88.2 cm³/mol.